The van der Waals surface area contributed by atoms with E-state index in [1.807, 2.05) is 0 Å². The highest BCUT2D eigenvalue weighted by Gasteiger charge is 2.51. The molecule has 0 radical (unpaired) electrons. The zero-order valence-corrected chi connectivity index (χ0v) is 19.6. The van der Waals surface area contributed by atoms with E-state index in [9.17, 15) is 23.2 Å². The van der Waals surface area contributed by atoms with Crippen molar-refractivity contribution in [2.75, 3.05) is 18.1 Å². The third kappa shape index (κ3) is 3.97. The molecule has 184 valence electrons. The molecule has 3 amide bonds. The zero-order valence-electron chi connectivity index (χ0n) is 18.9. The first-order chi connectivity index (χ1) is 16.7. The Morgan fingerprint density at radius 3 is 2.63 bits per heavy atom. The van der Waals surface area contributed by atoms with Crippen molar-refractivity contribution in [3.8, 4) is 0 Å². The number of benzene rings is 1. The number of alkyl halides is 1. The number of rotatable bonds is 4. The number of hydrazone groups is 1. The number of hydrogen-bond acceptors (Lipinski definition) is 5. The molecule has 1 aromatic carbocycles. The van der Waals surface area contributed by atoms with Crippen LogP contribution in [0.25, 0.3) is 0 Å². The summed E-state index contributed by atoms with van der Waals surface area (Å²) in [4.78, 5) is 46.7. The van der Waals surface area contributed by atoms with Crippen molar-refractivity contribution < 1.29 is 23.2 Å². The molecule has 3 heterocycles. The molecule has 0 atom stereocenters. The van der Waals surface area contributed by atoms with Crippen LogP contribution in [0.4, 0.5) is 14.5 Å². The van der Waals surface area contributed by atoms with Gasteiger partial charge in [-0.15, -0.1) is 0 Å². The Bertz CT molecular complexity index is 1230. The summed E-state index contributed by atoms with van der Waals surface area (Å²) in [6.45, 7) is 1.77. The van der Waals surface area contributed by atoms with Crippen molar-refractivity contribution in [2.45, 2.75) is 44.8 Å². The summed E-state index contributed by atoms with van der Waals surface area (Å²) in [7, 11) is 0. The third-order valence-electron chi connectivity index (χ3n) is 7.05. The van der Waals surface area contributed by atoms with Crippen molar-refractivity contribution in [2.24, 2.45) is 10.5 Å². The summed E-state index contributed by atoms with van der Waals surface area (Å²) in [6.07, 6.45) is 2.16. The number of halogens is 3. The zero-order chi connectivity index (χ0) is 24.9. The minimum Gasteiger partial charge on any atom is -0.348 e. The maximum atomic E-state index is 13.5. The molecule has 2 fully saturated rings. The Hall–Kier alpha value is -3.34. The highest BCUT2D eigenvalue weighted by atomic mass is 35.5. The molecule has 5 rings (SSSR count). The number of aromatic amines is 1. The Kier molecular flexibility index (Phi) is 5.82. The molecule has 0 bridgehead atoms. The minimum absolute atomic E-state index is 0.00740. The fourth-order valence-corrected chi connectivity index (χ4v) is 5.17. The monoisotopic (exact) mass is 504 g/mol. The van der Waals surface area contributed by atoms with E-state index in [-0.39, 0.29) is 41.4 Å². The molecule has 1 spiro atoms. The minimum atomic E-state index is -1.05. The average Bonchev–Trinajstić information content (AvgIpc) is 3.38. The van der Waals surface area contributed by atoms with Gasteiger partial charge in [0.15, 0.2) is 5.69 Å². The van der Waals surface area contributed by atoms with Gasteiger partial charge in [-0.3, -0.25) is 14.4 Å². The first-order valence-electron chi connectivity index (χ1n) is 11.3. The maximum absolute atomic E-state index is 13.5. The first-order valence-corrected chi connectivity index (χ1v) is 11.7. The number of nitrogens with zero attached hydrogens (tertiary/aromatic N) is 4. The quantitative estimate of drug-likeness (QED) is 0.666. The van der Waals surface area contributed by atoms with Gasteiger partial charge in [-0.1, -0.05) is 11.6 Å². The third-order valence-corrected chi connectivity index (χ3v) is 7.35. The molecule has 1 aromatic heterocycles. The molecule has 1 saturated carbocycles. The Balaban J connectivity index is 1.24. The summed E-state index contributed by atoms with van der Waals surface area (Å²) >= 11 is 6.15. The fraction of sp³-hybridized carbons (Fsp3) is 0.435. The van der Waals surface area contributed by atoms with Gasteiger partial charge in [-0.05, 0) is 50.8 Å². The van der Waals surface area contributed by atoms with E-state index in [1.54, 1.807) is 6.92 Å². The Morgan fingerprint density at radius 2 is 1.97 bits per heavy atom. The van der Waals surface area contributed by atoms with Crippen molar-refractivity contribution >= 4 is 40.7 Å². The molecular formula is C23H23ClF2N6O3. The van der Waals surface area contributed by atoms with E-state index in [4.69, 9.17) is 11.6 Å². The lowest BCUT2D eigenvalue weighted by atomic mass is 9.69. The molecule has 2 aromatic rings. The molecule has 35 heavy (non-hydrogen) atoms. The number of likely N-dealkylation sites (tertiary alicyclic amines) is 1. The van der Waals surface area contributed by atoms with Gasteiger partial charge in [0.25, 0.3) is 17.7 Å². The molecule has 1 aliphatic carbocycles. The summed E-state index contributed by atoms with van der Waals surface area (Å²) < 4.78 is 26.6. The topological polar surface area (TPSA) is 111 Å². The second kappa shape index (κ2) is 8.71. The summed E-state index contributed by atoms with van der Waals surface area (Å²) in [5.41, 5.74) is 0.151. The Morgan fingerprint density at radius 1 is 1.26 bits per heavy atom. The van der Waals surface area contributed by atoms with Gasteiger partial charge < -0.3 is 15.2 Å². The molecule has 3 aliphatic rings. The van der Waals surface area contributed by atoms with Gasteiger partial charge in [-0.25, -0.2) is 13.8 Å². The van der Waals surface area contributed by atoms with Crippen LogP contribution in [0.1, 0.15) is 53.6 Å². The number of carbonyl (C=O) groups excluding carboxylic acids is 3. The average molecular weight is 505 g/mol. The second-order valence-electron chi connectivity index (χ2n) is 9.16. The number of aromatic nitrogens is 2. The smallest absolute Gasteiger partial charge is 0.275 e. The second-order valence-corrected chi connectivity index (χ2v) is 9.57. The van der Waals surface area contributed by atoms with Crippen LogP contribution >= 0.6 is 11.6 Å². The van der Waals surface area contributed by atoms with Crippen LogP contribution in [-0.4, -0.2) is 63.6 Å². The first kappa shape index (κ1) is 23.4. The number of anilines is 1. The van der Waals surface area contributed by atoms with Gasteiger partial charge in [0.1, 0.15) is 17.7 Å². The molecule has 2 aliphatic heterocycles. The van der Waals surface area contributed by atoms with Crippen LogP contribution in [0.15, 0.2) is 29.6 Å². The summed E-state index contributed by atoms with van der Waals surface area (Å²) in [5, 5.41) is 8.66. The standard InChI is InChI=1S/C23H23ClF2N6O3/c1-12-23(22(35)32(30-12)17-3-2-13(25)8-16(17)24)6-4-15(5-7-23)29-20(33)18-19(28-11-27-18)21(34)31-9-14(26)10-31/h2-3,8,11,14-15H,4-7,9-10H2,1H3,(H,27,28)(H,29,33)/t15-,23-. The fourth-order valence-electron chi connectivity index (χ4n) is 4.92. The molecule has 9 nitrogen and oxygen atoms in total. The Labute approximate surface area is 204 Å². The van der Waals surface area contributed by atoms with E-state index in [0.717, 1.165) is 6.07 Å². The lowest BCUT2D eigenvalue weighted by molar-refractivity contribution is -0.125. The number of imidazole rings is 1. The molecule has 1 saturated heterocycles. The van der Waals surface area contributed by atoms with Crippen LogP contribution < -0.4 is 10.3 Å². The molecular weight excluding hydrogens is 482 g/mol. The van der Waals surface area contributed by atoms with Gasteiger partial charge in [0, 0.05) is 6.04 Å². The normalized spacial score (nSPS) is 24.5. The van der Waals surface area contributed by atoms with E-state index >= 15 is 0 Å². The van der Waals surface area contributed by atoms with E-state index in [1.165, 1.54) is 28.4 Å². The van der Waals surface area contributed by atoms with Crippen molar-refractivity contribution in [3.63, 3.8) is 0 Å². The van der Waals surface area contributed by atoms with Crippen LogP contribution in [0.3, 0.4) is 0 Å². The van der Waals surface area contributed by atoms with Crippen molar-refractivity contribution in [3.05, 3.63) is 46.8 Å². The lowest BCUT2D eigenvalue weighted by Crippen LogP contribution is -2.52. The van der Waals surface area contributed by atoms with Crippen LogP contribution in [0.2, 0.25) is 5.02 Å². The van der Waals surface area contributed by atoms with Gasteiger partial charge in [-0.2, -0.15) is 10.1 Å². The van der Waals surface area contributed by atoms with E-state index < -0.39 is 29.2 Å². The van der Waals surface area contributed by atoms with E-state index in [0.29, 0.717) is 37.1 Å². The SMILES string of the molecule is CC1=NN(c2ccc(F)cc2Cl)C(=O)[C@]12CC[C@H](NC(=O)c1[nH]cnc1C(=O)N1CC(F)C1)CC2. The van der Waals surface area contributed by atoms with Gasteiger partial charge in [0.2, 0.25) is 0 Å². The van der Waals surface area contributed by atoms with Crippen LogP contribution in [0.5, 0.6) is 0 Å². The molecule has 0 unspecified atom stereocenters. The highest BCUT2D eigenvalue weighted by molar-refractivity contribution is 6.34. The van der Waals surface area contributed by atoms with Gasteiger partial charge >= 0.3 is 0 Å². The predicted octanol–water partition coefficient (Wildman–Crippen LogP) is 3.08. The van der Waals surface area contributed by atoms with Crippen molar-refractivity contribution in [1.82, 2.24) is 20.2 Å². The molecule has 2 N–H and O–H groups in total. The van der Waals surface area contributed by atoms with Crippen LogP contribution in [-0.2, 0) is 4.79 Å². The number of H-pyrrole nitrogens is 1. The summed E-state index contributed by atoms with van der Waals surface area (Å²) in [6, 6.07) is 3.57. The number of carbonyl (C=O) groups is 3. The lowest BCUT2D eigenvalue weighted by Gasteiger charge is -2.36. The number of nitrogens with one attached hydrogen (secondary N) is 2. The number of amides is 3. The van der Waals surface area contributed by atoms with Crippen molar-refractivity contribution in [1.29, 1.82) is 0 Å². The van der Waals surface area contributed by atoms with Gasteiger partial charge in [0.05, 0.1) is 41.3 Å². The molecule has 12 heteroatoms. The number of hydrogen-bond donors (Lipinski definition) is 2. The predicted molar refractivity (Wildman–Crippen MR) is 124 cm³/mol. The van der Waals surface area contributed by atoms with Crippen LogP contribution in [0, 0.1) is 11.2 Å². The summed E-state index contributed by atoms with van der Waals surface area (Å²) in [5.74, 6) is -1.70. The largest absolute Gasteiger partial charge is 0.348 e. The highest BCUT2D eigenvalue weighted by Crippen LogP contribution is 2.45. The maximum Gasteiger partial charge on any atom is 0.275 e. The van der Waals surface area contributed by atoms with E-state index in [2.05, 4.69) is 20.4 Å².